The molecule has 1 aliphatic carbocycles. The van der Waals surface area contributed by atoms with E-state index >= 15 is 0 Å². The lowest BCUT2D eigenvalue weighted by molar-refractivity contribution is 0.790. The van der Waals surface area contributed by atoms with E-state index in [0.29, 0.717) is 5.56 Å². The summed E-state index contributed by atoms with van der Waals surface area (Å²) < 4.78 is 2.03. The number of hydrogen-bond acceptors (Lipinski definition) is 7. The predicted molar refractivity (Wildman–Crippen MR) is 110 cm³/mol. The molecule has 0 unspecified atom stereocenters. The Balaban J connectivity index is 1.42. The van der Waals surface area contributed by atoms with Crippen molar-refractivity contribution in [1.82, 2.24) is 24.6 Å². The number of aromatic nitrogens is 5. The van der Waals surface area contributed by atoms with Crippen LogP contribution in [0.5, 0.6) is 0 Å². The molecular formula is C21H24N8. The van der Waals surface area contributed by atoms with Crippen molar-refractivity contribution in [2.75, 3.05) is 36.0 Å². The fourth-order valence-electron chi connectivity index (χ4n) is 4.45. The van der Waals surface area contributed by atoms with Crippen LogP contribution in [0.3, 0.4) is 0 Å². The number of rotatable bonds is 3. The molecule has 0 aromatic carbocycles. The molecule has 0 spiro atoms. The highest BCUT2D eigenvalue weighted by Gasteiger charge is 2.24. The molecule has 0 bridgehead atoms. The first kappa shape index (κ1) is 17.9. The third-order valence-electron chi connectivity index (χ3n) is 5.94. The number of hydrogen-bond donors (Lipinski definition) is 0. The largest absolute Gasteiger partial charge is 0.354 e. The lowest BCUT2D eigenvalue weighted by atomic mass is 10.1. The summed E-state index contributed by atoms with van der Waals surface area (Å²) in [5.41, 5.74) is 3.92. The fraction of sp³-hybridized carbons (Fsp3) is 0.476. The minimum atomic E-state index is 0.698. The Morgan fingerprint density at radius 3 is 2.66 bits per heavy atom. The molecule has 148 valence electrons. The van der Waals surface area contributed by atoms with Gasteiger partial charge >= 0.3 is 0 Å². The number of anilines is 2. The first-order valence-electron chi connectivity index (χ1n) is 10.4. The van der Waals surface area contributed by atoms with Crippen molar-refractivity contribution in [2.45, 2.75) is 39.0 Å². The van der Waals surface area contributed by atoms with Gasteiger partial charge < -0.3 is 9.80 Å². The minimum Gasteiger partial charge on any atom is -0.354 e. The monoisotopic (exact) mass is 388 g/mol. The van der Waals surface area contributed by atoms with Crippen molar-refractivity contribution in [3.63, 3.8) is 0 Å². The van der Waals surface area contributed by atoms with Crippen molar-refractivity contribution in [3.8, 4) is 6.07 Å². The van der Waals surface area contributed by atoms with E-state index in [-0.39, 0.29) is 0 Å². The van der Waals surface area contributed by atoms with Gasteiger partial charge in [-0.25, -0.2) is 9.97 Å². The molecule has 1 fully saturated rings. The smallest absolute Gasteiger partial charge is 0.203 e. The summed E-state index contributed by atoms with van der Waals surface area (Å²) >= 11 is 0. The maximum absolute atomic E-state index is 9.67. The van der Waals surface area contributed by atoms with E-state index in [4.69, 9.17) is 4.98 Å². The van der Waals surface area contributed by atoms with Gasteiger partial charge in [-0.05, 0) is 37.3 Å². The Morgan fingerprint density at radius 2 is 1.86 bits per heavy atom. The third kappa shape index (κ3) is 3.07. The zero-order valence-corrected chi connectivity index (χ0v) is 16.7. The Hall–Kier alpha value is -3.21. The summed E-state index contributed by atoms with van der Waals surface area (Å²) in [6, 6.07) is 4.42. The third-order valence-corrected chi connectivity index (χ3v) is 5.94. The van der Waals surface area contributed by atoms with E-state index in [1.54, 1.807) is 0 Å². The molecule has 8 heteroatoms. The van der Waals surface area contributed by atoms with Gasteiger partial charge in [0.15, 0.2) is 5.82 Å². The average molecular weight is 388 g/mol. The summed E-state index contributed by atoms with van der Waals surface area (Å²) in [7, 11) is 0. The predicted octanol–water partition coefficient (Wildman–Crippen LogP) is 2.16. The molecule has 0 saturated carbocycles. The number of nitrogens with zero attached hydrogens (tertiary/aromatic N) is 8. The standard InChI is InChI=1S/C21H24N8/c1-2-18-25-26-21-20(23-7-10-29(18)21)28-9-4-8-27(11-12-28)19-16(14-22)13-15-5-3-6-17(15)24-19/h7,10,13H,2-6,8-9,11-12H2,1H3. The highest BCUT2D eigenvalue weighted by molar-refractivity contribution is 5.64. The second-order valence-electron chi connectivity index (χ2n) is 7.67. The van der Waals surface area contributed by atoms with Gasteiger partial charge in [0, 0.05) is 50.7 Å². The first-order valence-corrected chi connectivity index (χ1v) is 10.4. The van der Waals surface area contributed by atoms with E-state index in [0.717, 1.165) is 81.4 Å². The van der Waals surface area contributed by atoms with Gasteiger partial charge in [-0.15, -0.1) is 10.2 Å². The van der Waals surface area contributed by atoms with Crippen LogP contribution in [-0.4, -0.2) is 50.7 Å². The Kier molecular flexibility index (Phi) is 4.51. The Morgan fingerprint density at radius 1 is 1.03 bits per heavy atom. The molecule has 29 heavy (non-hydrogen) atoms. The number of pyridine rings is 1. The van der Waals surface area contributed by atoms with E-state index in [9.17, 15) is 5.26 Å². The van der Waals surface area contributed by atoms with Crippen molar-refractivity contribution in [2.24, 2.45) is 0 Å². The molecule has 3 aromatic heterocycles. The molecule has 0 radical (unpaired) electrons. The maximum Gasteiger partial charge on any atom is 0.203 e. The van der Waals surface area contributed by atoms with Gasteiger partial charge in [0.05, 0.1) is 5.56 Å². The van der Waals surface area contributed by atoms with Gasteiger partial charge in [-0.1, -0.05) is 6.92 Å². The van der Waals surface area contributed by atoms with Gasteiger partial charge in [0.25, 0.3) is 0 Å². The lowest BCUT2D eigenvalue weighted by Gasteiger charge is -2.24. The molecule has 3 aromatic rings. The van der Waals surface area contributed by atoms with Crippen molar-refractivity contribution < 1.29 is 0 Å². The number of fused-ring (bicyclic) bond motifs is 2. The van der Waals surface area contributed by atoms with E-state index < -0.39 is 0 Å². The molecule has 4 heterocycles. The normalized spacial score (nSPS) is 16.7. The summed E-state index contributed by atoms with van der Waals surface area (Å²) in [6.45, 7) is 5.47. The Labute approximate surface area is 169 Å². The van der Waals surface area contributed by atoms with E-state index in [1.807, 2.05) is 16.8 Å². The minimum absolute atomic E-state index is 0.698. The Bertz CT molecular complexity index is 1100. The second kappa shape index (κ2) is 7.32. The molecule has 1 aliphatic heterocycles. The number of nitriles is 1. The summed E-state index contributed by atoms with van der Waals surface area (Å²) in [5.74, 6) is 2.67. The average Bonchev–Trinajstić information content (AvgIpc) is 3.32. The zero-order chi connectivity index (χ0) is 19.8. The molecule has 2 aliphatic rings. The van der Waals surface area contributed by atoms with Gasteiger partial charge in [-0.3, -0.25) is 4.40 Å². The molecule has 0 amide bonds. The topological polar surface area (TPSA) is 86.2 Å². The van der Waals surface area contributed by atoms with Gasteiger partial charge in [0.2, 0.25) is 5.65 Å². The SMILES string of the molecule is CCc1nnc2c(N3CCCN(c4nc5c(cc4C#N)CCC5)CC3)nccn12. The molecule has 8 nitrogen and oxygen atoms in total. The van der Waals surface area contributed by atoms with E-state index in [2.05, 4.69) is 44.0 Å². The van der Waals surface area contributed by atoms with Crippen LogP contribution in [0.25, 0.3) is 5.65 Å². The van der Waals surface area contributed by atoms with Crippen LogP contribution in [0.1, 0.15) is 42.4 Å². The molecular weight excluding hydrogens is 364 g/mol. The van der Waals surface area contributed by atoms with Crippen molar-refractivity contribution in [3.05, 3.63) is 41.1 Å². The van der Waals surface area contributed by atoms with Crippen molar-refractivity contribution >= 4 is 17.3 Å². The quantitative estimate of drug-likeness (QED) is 0.679. The van der Waals surface area contributed by atoms with Crippen LogP contribution in [0.15, 0.2) is 18.5 Å². The molecule has 0 N–H and O–H groups in total. The summed E-state index contributed by atoms with van der Waals surface area (Å²) in [6.07, 6.45) is 8.75. The van der Waals surface area contributed by atoms with Crippen LogP contribution < -0.4 is 9.80 Å². The molecule has 5 rings (SSSR count). The van der Waals surface area contributed by atoms with Crippen LogP contribution in [0.2, 0.25) is 0 Å². The molecule has 1 saturated heterocycles. The van der Waals surface area contributed by atoms with Gasteiger partial charge in [-0.2, -0.15) is 5.26 Å². The summed E-state index contributed by atoms with van der Waals surface area (Å²) in [4.78, 5) is 14.1. The van der Waals surface area contributed by atoms with Crippen LogP contribution in [-0.2, 0) is 19.3 Å². The second-order valence-corrected chi connectivity index (χ2v) is 7.67. The summed E-state index contributed by atoms with van der Waals surface area (Å²) in [5, 5.41) is 18.3. The highest BCUT2D eigenvalue weighted by Crippen LogP contribution is 2.28. The van der Waals surface area contributed by atoms with E-state index in [1.165, 1.54) is 11.3 Å². The van der Waals surface area contributed by atoms with Crippen LogP contribution in [0, 0.1) is 11.3 Å². The highest BCUT2D eigenvalue weighted by atomic mass is 15.3. The fourth-order valence-corrected chi connectivity index (χ4v) is 4.45. The molecule has 0 atom stereocenters. The first-order chi connectivity index (χ1) is 14.3. The number of aryl methyl sites for hydroxylation is 3. The van der Waals surface area contributed by atoms with Crippen LogP contribution >= 0.6 is 0 Å². The van der Waals surface area contributed by atoms with Crippen molar-refractivity contribution in [1.29, 1.82) is 5.26 Å². The van der Waals surface area contributed by atoms with Crippen LogP contribution in [0.4, 0.5) is 11.6 Å². The maximum atomic E-state index is 9.67. The van der Waals surface area contributed by atoms with Gasteiger partial charge in [0.1, 0.15) is 17.7 Å². The lowest BCUT2D eigenvalue weighted by Crippen LogP contribution is -2.32. The zero-order valence-electron chi connectivity index (χ0n) is 16.7.